The van der Waals surface area contributed by atoms with Gasteiger partial charge in [0.2, 0.25) is 4.96 Å². The maximum Gasteiger partial charge on any atom is 0.213 e. The standard InChI is InChI=1S/C24H15Cl2N5S/c1-13-2-4-15(5-3-13)23-30-31-21(22-27-18-11-10-17(26)12-19(18)28-22)20(29-24(31)32-23)14-6-8-16(25)9-7-14/h2-12H,1H3,(H,27,28). The summed E-state index contributed by atoms with van der Waals surface area (Å²) in [7, 11) is 0. The van der Waals surface area contributed by atoms with Crippen molar-refractivity contribution < 1.29 is 0 Å². The highest BCUT2D eigenvalue weighted by Gasteiger charge is 2.22. The molecule has 0 saturated carbocycles. The molecule has 8 heteroatoms. The summed E-state index contributed by atoms with van der Waals surface area (Å²) in [6.45, 7) is 2.07. The first kappa shape index (κ1) is 19.5. The second-order valence-electron chi connectivity index (χ2n) is 7.53. The average molecular weight is 476 g/mol. The number of benzene rings is 3. The zero-order valence-corrected chi connectivity index (χ0v) is 19.1. The van der Waals surface area contributed by atoms with E-state index < -0.39 is 0 Å². The number of rotatable bonds is 3. The SMILES string of the molecule is Cc1ccc(-c2nn3c(-c4nc5ccc(Cl)cc5[nH]4)c(-c4ccc(Cl)cc4)nc3s2)cc1. The van der Waals surface area contributed by atoms with Gasteiger partial charge in [-0.05, 0) is 37.3 Å². The summed E-state index contributed by atoms with van der Waals surface area (Å²) in [4.78, 5) is 13.9. The molecular weight excluding hydrogens is 461 g/mol. The first-order valence-electron chi connectivity index (χ1n) is 9.93. The molecule has 3 aromatic heterocycles. The van der Waals surface area contributed by atoms with Crippen LogP contribution in [0.25, 0.3) is 49.3 Å². The smallest absolute Gasteiger partial charge is 0.213 e. The lowest BCUT2D eigenvalue weighted by Crippen LogP contribution is -1.93. The fraction of sp³-hybridized carbons (Fsp3) is 0.0417. The molecule has 0 unspecified atom stereocenters. The Kier molecular flexibility index (Phi) is 4.54. The molecule has 32 heavy (non-hydrogen) atoms. The highest BCUT2D eigenvalue weighted by Crippen LogP contribution is 2.36. The van der Waals surface area contributed by atoms with E-state index in [1.807, 2.05) is 47.0 Å². The summed E-state index contributed by atoms with van der Waals surface area (Å²) in [6.07, 6.45) is 0. The van der Waals surface area contributed by atoms with Crippen molar-refractivity contribution in [3.63, 3.8) is 0 Å². The lowest BCUT2D eigenvalue weighted by Gasteiger charge is -2.02. The van der Waals surface area contributed by atoms with Crippen LogP contribution in [-0.2, 0) is 0 Å². The molecule has 0 amide bonds. The molecule has 0 aliphatic carbocycles. The van der Waals surface area contributed by atoms with Gasteiger partial charge in [0, 0.05) is 21.2 Å². The van der Waals surface area contributed by atoms with Gasteiger partial charge >= 0.3 is 0 Å². The second kappa shape index (κ2) is 7.45. The monoisotopic (exact) mass is 475 g/mol. The third-order valence-corrected chi connectivity index (χ3v) is 6.73. The molecule has 5 nitrogen and oxygen atoms in total. The van der Waals surface area contributed by atoms with Crippen molar-refractivity contribution >= 4 is 50.5 Å². The van der Waals surface area contributed by atoms with Gasteiger partial charge in [0.1, 0.15) is 16.4 Å². The first-order chi connectivity index (χ1) is 15.5. The first-order valence-corrected chi connectivity index (χ1v) is 11.5. The van der Waals surface area contributed by atoms with Crippen LogP contribution in [0.15, 0.2) is 66.7 Å². The molecule has 0 spiro atoms. The topological polar surface area (TPSA) is 58.9 Å². The van der Waals surface area contributed by atoms with Crippen LogP contribution in [-0.4, -0.2) is 24.6 Å². The van der Waals surface area contributed by atoms with E-state index in [-0.39, 0.29) is 0 Å². The van der Waals surface area contributed by atoms with Crippen LogP contribution >= 0.6 is 34.5 Å². The van der Waals surface area contributed by atoms with Gasteiger partial charge in [-0.15, -0.1) is 0 Å². The van der Waals surface area contributed by atoms with Gasteiger partial charge in [-0.1, -0.05) is 76.5 Å². The van der Waals surface area contributed by atoms with Gasteiger partial charge in [-0.3, -0.25) is 0 Å². The van der Waals surface area contributed by atoms with E-state index in [0.717, 1.165) is 43.5 Å². The van der Waals surface area contributed by atoms with E-state index in [1.165, 1.54) is 5.56 Å². The summed E-state index contributed by atoms with van der Waals surface area (Å²) in [5.41, 5.74) is 6.49. The summed E-state index contributed by atoms with van der Waals surface area (Å²) in [5.74, 6) is 0.681. The molecule has 6 rings (SSSR count). The number of hydrogen-bond acceptors (Lipinski definition) is 4. The number of aromatic nitrogens is 5. The number of hydrogen-bond donors (Lipinski definition) is 1. The summed E-state index contributed by atoms with van der Waals surface area (Å²) >= 11 is 13.8. The van der Waals surface area contributed by atoms with E-state index in [4.69, 9.17) is 38.3 Å². The van der Waals surface area contributed by atoms with Crippen molar-refractivity contribution in [2.24, 2.45) is 0 Å². The number of aryl methyl sites for hydroxylation is 1. The van der Waals surface area contributed by atoms with Crippen molar-refractivity contribution in [1.29, 1.82) is 0 Å². The van der Waals surface area contributed by atoms with Gasteiger partial charge in [0.05, 0.1) is 11.0 Å². The van der Waals surface area contributed by atoms with E-state index in [2.05, 4.69) is 36.2 Å². The van der Waals surface area contributed by atoms with Gasteiger partial charge in [0.25, 0.3) is 0 Å². The molecule has 0 aliphatic heterocycles. The number of halogens is 2. The normalized spacial score (nSPS) is 11.6. The molecule has 0 bridgehead atoms. The zero-order valence-electron chi connectivity index (χ0n) is 16.8. The van der Waals surface area contributed by atoms with E-state index in [9.17, 15) is 0 Å². The van der Waals surface area contributed by atoms with E-state index >= 15 is 0 Å². The van der Waals surface area contributed by atoms with Crippen molar-refractivity contribution in [2.45, 2.75) is 6.92 Å². The van der Waals surface area contributed by atoms with Gasteiger partial charge in [-0.25, -0.2) is 9.97 Å². The van der Waals surface area contributed by atoms with Crippen molar-refractivity contribution in [1.82, 2.24) is 24.6 Å². The highest BCUT2D eigenvalue weighted by atomic mass is 35.5. The lowest BCUT2D eigenvalue weighted by atomic mass is 10.1. The number of H-pyrrole nitrogens is 1. The highest BCUT2D eigenvalue weighted by molar-refractivity contribution is 7.19. The summed E-state index contributed by atoms with van der Waals surface area (Å²) in [5, 5.41) is 7.13. The van der Waals surface area contributed by atoms with Crippen LogP contribution in [0.3, 0.4) is 0 Å². The maximum atomic E-state index is 6.18. The van der Waals surface area contributed by atoms with Crippen molar-refractivity contribution in [3.05, 3.63) is 82.3 Å². The third kappa shape index (κ3) is 3.28. The molecule has 0 saturated heterocycles. The number of imidazole rings is 2. The molecule has 0 radical (unpaired) electrons. The Morgan fingerprint density at radius 1 is 0.844 bits per heavy atom. The predicted octanol–water partition coefficient (Wildman–Crippen LogP) is 7.28. The fourth-order valence-electron chi connectivity index (χ4n) is 3.68. The molecule has 0 aliphatic rings. The minimum atomic E-state index is 0.652. The van der Waals surface area contributed by atoms with Gasteiger partial charge in [0.15, 0.2) is 5.82 Å². The van der Waals surface area contributed by atoms with Gasteiger partial charge < -0.3 is 4.98 Å². The van der Waals surface area contributed by atoms with Crippen LogP contribution in [0, 0.1) is 6.92 Å². The Morgan fingerprint density at radius 2 is 1.56 bits per heavy atom. The zero-order chi connectivity index (χ0) is 21.8. The van der Waals surface area contributed by atoms with Crippen LogP contribution in [0.1, 0.15) is 5.56 Å². The molecule has 156 valence electrons. The lowest BCUT2D eigenvalue weighted by molar-refractivity contribution is 0.975. The average Bonchev–Trinajstić information content (AvgIpc) is 3.46. The largest absolute Gasteiger partial charge is 0.337 e. The quantitative estimate of drug-likeness (QED) is 0.292. The summed E-state index contributed by atoms with van der Waals surface area (Å²) < 4.78 is 1.86. The Bertz CT molecular complexity index is 1590. The number of nitrogens with zero attached hydrogens (tertiary/aromatic N) is 4. The molecule has 1 N–H and O–H groups in total. The number of fused-ring (bicyclic) bond motifs is 2. The summed E-state index contributed by atoms with van der Waals surface area (Å²) in [6, 6.07) is 21.6. The van der Waals surface area contributed by atoms with Crippen LogP contribution in [0.2, 0.25) is 10.0 Å². The minimum Gasteiger partial charge on any atom is -0.337 e. The van der Waals surface area contributed by atoms with Gasteiger partial charge in [-0.2, -0.15) is 9.61 Å². The van der Waals surface area contributed by atoms with Crippen molar-refractivity contribution in [2.75, 3.05) is 0 Å². The minimum absolute atomic E-state index is 0.652. The molecule has 3 aromatic carbocycles. The predicted molar refractivity (Wildman–Crippen MR) is 132 cm³/mol. The molecule has 6 aromatic rings. The molecule has 0 atom stereocenters. The Labute approximate surface area is 197 Å². The molecule has 3 heterocycles. The fourth-order valence-corrected chi connectivity index (χ4v) is 4.88. The number of aromatic amines is 1. The second-order valence-corrected chi connectivity index (χ2v) is 9.36. The van der Waals surface area contributed by atoms with Crippen molar-refractivity contribution in [3.8, 4) is 33.3 Å². The van der Waals surface area contributed by atoms with E-state index in [0.29, 0.717) is 15.9 Å². The van der Waals surface area contributed by atoms with Crippen LogP contribution in [0.5, 0.6) is 0 Å². The molecular formula is C24H15Cl2N5S. The van der Waals surface area contributed by atoms with Crippen LogP contribution in [0.4, 0.5) is 0 Å². The van der Waals surface area contributed by atoms with Crippen LogP contribution < -0.4 is 0 Å². The maximum absolute atomic E-state index is 6.18. The Hall–Kier alpha value is -3.19. The molecule has 0 fully saturated rings. The van der Waals surface area contributed by atoms with E-state index in [1.54, 1.807) is 11.3 Å². The Morgan fingerprint density at radius 3 is 2.34 bits per heavy atom. The third-order valence-electron chi connectivity index (χ3n) is 5.29. The number of nitrogens with one attached hydrogen (secondary N) is 1. The Balaban J connectivity index is 1.60.